The van der Waals surface area contributed by atoms with Gasteiger partial charge in [-0.2, -0.15) is 0 Å². The number of ether oxygens (including phenoxy) is 2. The summed E-state index contributed by atoms with van der Waals surface area (Å²) in [4.78, 5) is 11.7. The molecule has 1 aliphatic heterocycles. The van der Waals surface area contributed by atoms with Crippen LogP contribution in [0.25, 0.3) is 0 Å². The van der Waals surface area contributed by atoms with Crippen LogP contribution in [0.4, 0.5) is 0 Å². The number of rotatable bonds is 7. The molecule has 0 radical (unpaired) electrons. The van der Waals surface area contributed by atoms with Gasteiger partial charge in [-0.3, -0.25) is 4.79 Å². The van der Waals surface area contributed by atoms with E-state index in [1.807, 2.05) is 30.3 Å². The van der Waals surface area contributed by atoms with Gasteiger partial charge < -0.3 is 20.1 Å². The molecule has 20 heavy (non-hydrogen) atoms. The third kappa shape index (κ3) is 4.30. The van der Waals surface area contributed by atoms with Gasteiger partial charge in [-0.15, -0.1) is 0 Å². The van der Waals surface area contributed by atoms with Gasteiger partial charge in [0.25, 0.3) is 0 Å². The number of methoxy groups -OCH3 is 1. The summed E-state index contributed by atoms with van der Waals surface area (Å²) in [6.45, 7) is 2.78. The van der Waals surface area contributed by atoms with Gasteiger partial charge >= 0.3 is 0 Å². The molecule has 1 saturated heterocycles. The summed E-state index contributed by atoms with van der Waals surface area (Å²) in [7, 11) is 1.69. The first-order chi connectivity index (χ1) is 9.74. The van der Waals surface area contributed by atoms with Crippen LogP contribution in [0.1, 0.15) is 12.0 Å². The first kappa shape index (κ1) is 15.0. The van der Waals surface area contributed by atoms with Crippen molar-refractivity contribution in [3.05, 3.63) is 35.9 Å². The van der Waals surface area contributed by atoms with E-state index in [0.29, 0.717) is 19.7 Å². The Morgan fingerprint density at radius 3 is 2.85 bits per heavy atom. The van der Waals surface area contributed by atoms with Gasteiger partial charge in [-0.25, -0.2) is 0 Å². The van der Waals surface area contributed by atoms with E-state index in [9.17, 15) is 4.79 Å². The second-order valence-electron chi connectivity index (χ2n) is 5.06. The third-order valence-corrected chi connectivity index (χ3v) is 3.57. The lowest BCUT2D eigenvalue weighted by molar-refractivity contribution is -0.120. The normalized spacial score (nSPS) is 21.9. The van der Waals surface area contributed by atoms with E-state index in [1.165, 1.54) is 0 Å². The number of benzene rings is 1. The van der Waals surface area contributed by atoms with Crippen molar-refractivity contribution in [2.45, 2.75) is 18.6 Å². The number of amides is 1. The largest absolute Gasteiger partial charge is 0.378 e. The van der Waals surface area contributed by atoms with E-state index in [2.05, 4.69) is 10.6 Å². The van der Waals surface area contributed by atoms with E-state index in [-0.39, 0.29) is 18.1 Å². The van der Waals surface area contributed by atoms with Crippen molar-refractivity contribution in [3.8, 4) is 0 Å². The summed E-state index contributed by atoms with van der Waals surface area (Å²) in [6, 6.07) is 9.86. The predicted molar refractivity (Wildman–Crippen MR) is 76.3 cm³/mol. The third-order valence-electron chi connectivity index (χ3n) is 3.57. The van der Waals surface area contributed by atoms with E-state index in [1.54, 1.807) is 7.11 Å². The molecule has 5 heteroatoms. The van der Waals surface area contributed by atoms with Crippen LogP contribution in [0, 0.1) is 0 Å². The van der Waals surface area contributed by atoms with Gasteiger partial charge in [0.2, 0.25) is 5.91 Å². The summed E-state index contributed by atoms with van der Waals surface area (Å²) < 4.78 is 10.8. The number of nitrogens with one attached hydrogen (secondary N) is 2. The second kappa shape index (κ2) is 7.38. The number of carbonyl (C=O) groups is 1. The average molecular weight is 278 g/mol. The van der Waals surface area contributed by atoms with Crippen molar-refractivity contribution in [3.63, 3.8) is 0 Å². The fourth-order valence-electron chi connectivity index (χ4n) is 2.22. The van der Waals surface area contributed by atoms with Crippen LogP contribution in [0.5, 0.6) is 0 Å². The van der Waals surface area contributed by atoms with E-state index in [0.717, 1.165) is 18.6 Å². The topological polar surface area (TPSA) is 59.6 Å². The van der Waals surface area contributed by atoms with Crippen LogP contribution < -0.4 is 10.6 Å². The highest BCUT2D eigenvalue weighted by Gasteiger charge is 2.34. The molecule has 2 rings (SSSR count). The molecule has 1 aliphatic rings. The van der Waals surface area contributed by atoms with Crippen LogP contribution in [0.3, 0.4) is 0 Å². The van der Waals surface area contributed by atoms with Crippen LogP contribution in [0.2, 0.25) is 0 Å². The highest BCUT2D eigenvalue weighted by Crippen LogP contribution is 2.21. The zero-order valence-electron chi connectivity index (χ0n) is 11.9. The highest BCUT2D eigenvalue weighted by molar-refractivity contribution is 5.77. The molecular formula is C15H22N2O3. The number of hydrogen-bond acceptors (Lipinski definition) is 4. The van der Waals surface area contributed by atoms with Crippen LogP contribution >= 0.6 is 0 Å². The Balaban J connectivity index is 1.65. The Morgan fingerprint density at radius 2 is 2.20 bits per heavy atom. The molecule has 0 saturated carbocycles. The SMILES string of the molecule is COC1(CNCC(=O)NCc2ccccc2)CCOC1. The van der Waals surface area contributed by atoms with Crippen molar-refractivity contribution in [1.82, 2.24) is 10.6 Å². The summed E-state index contributed by atoms with van der Waals surface area (Å²) in [5, 5.41) is 6.02. The van der Waals surface area contributed by atoms with Gasteiger partial charge in [0.15, 0.2) is 0 Å². The smallest absolute Gasteiger partial charge is 0.234 e. The maximum Gasteiger partial charge on any atom is 0.234 e. The Kier molecular flexibility index (Phi) is 5.52. The molecule has 0 aromatic heterocycles. The first-order valence-electron chi connectivity index (χ1n) is 6.88. The molecule has 0 aliphatic carbocycles. The number of hydrogen-bond donors (Lipinski definition) is 2. The van der Waals surface area contributed by atoms with Crippen molar-refractivity contribution >= 4 is 5.91 Å². The van der Waals surface area contributed by atoms with Crippen LogP contribution in [-0.2, 0) is 20.8 Å². The minimum Gasteiger partial charge on any atom is -0.378 e. The van der Waals surface area contributed by atoms with Gasteiger partial charge in [0.1, 0.15) is 5.60 Å². The van der Waals surface area contributed by atoms with E-state index < -0.39 is 0 Å². The van der Waals surface area contributed by atoms with Gasteiger partial charge in [-0.05, 0) is 5.56 Å². The minimum atomic E-state index is -0.278. The summed E-state index contributed by atoms with van der Waals surface area (Å²) in [5.41, 5.74) is 0.818. The molecule has 0 spiro atoms. The fourth-order valence-corrected chi connectivity index (χ4v) is 2.22. The molecule has 5 nitrogen and oxygen atoms in total. The molecule has 1 unspecified atom stereocenters. The fraction of sp³-hybridized carbons (Fsp3) is 0.533. The van der Waals surface area contributed by atoms with Gasteiger partial charge in [0, 0.05) is 33.2 Å². The lowest BCUT2D eigenvalue weighted by Crippen LogP contribution is -2.45. The predicted octanol–water partition coefficient (Wildman–Crippen LogP) is 0.698. The molecule has 1 heterocycles. The second-order valence-corrected chi connectivity index (χ2v) is 5.06. The van der Waals surface area contributed by atoms with Crippen molar-refractivity contribution < 1.29 is 14.3 Å². The van der Waals surface area contributed by atoms with Crippen molar-refractivity contribution in [2.75, 3.05) is 33.4 Å². The molecule has 1 amide bonds. The molecule has 1 atom stereocenters. The zero-order valence-corrected chi connectivity index (χ0v) is 11.9. The average Bonchev–Trinajstić information content (AvgIpc) is 2.96. The zero-order chi connectivity index (χ0) is 14.3. The summed E-state index contributed by atoms with van der Waals surface area (Å²) in [5.74, 6) is -0.0148. The van der Waals surface area contributed by atoms with Crippen molar-refractivity contribution in [1.29, 1.82) is 0 Å². The van der Waals surface area contributed by atoms with Gasteiger partial charge in [-0.1, -0.05) is 30.3 Å². The lowest BCUT2D eigenvalue weighted by atomic mass is 10.0. The summed E-state index contributed by atoms with van der Waals surface area (Å²) >= 11 is 0. The van der Waals surface area contributed by atoms with Crippen molar-refractivity contribution in [2.24, 2.45) is 0 Å². The van der Waals surface area contributed by atoms with Crippen LogP contribution in [-0.4, -0.2) is 44.9 Å². The maximum absolute atomic E-state index is 11.7. The number of carbonyl (C=O) groups excluding carboxylic acids is 1. The monoisotopic (exact) mass is 278 g/mol. The Hall–Kier alpha value is -1.43. The molecule has 0 bridgehead atoms. The molecule has 2 N–H and O–H groups in total. The molecular weight excluding hydrogens is 256 g/mol. The molecule has 1 aromatic carbocycles. The quantitative estimate of drug-likeness (QED) is 0.771. The van der Waals surface area contributed by atoms with Gasteiger partial charge in [0.05, 0.1) is 13.2 Å². The highest BCUT2D eigenvalue weighted by atomic mass is 16.5. The Labute approximate surface area is 119 Å². The minimum absolute atomic E-state index is 0.0148. The van der Waals surface area contributed by atoms with E-state index in [4.69, 9.17) is 9.47 Å². The summed E-state index contributed by atoms with van der Waals surface area (Å²) in [6.07, 6.45) is 0.863. The standard InChI is InChI=1S/C15H22N2O3/c1-19-15(7-8-20-12-15)11-16-10-14(18)17-9-13-5-3-2-4-6-13/h2-6,16H,7-12H2,1H3,(H,17,18). The van der Waals surface area contributed by atoms with E-state index >= 15 is 0 Å². The van der Waals surface area contributed by atoms with Crippen LogP contribution in [0.15, 0.2) is 30.3 Å². The molecule has 1 aromatic rings. The lowest BCUT2D eigenvalue weighted by Gasteiger charge is -2.25. The Morgan fingerprint density at radius 1 is 1.40 bits per heavy atom. The first-order valence-corrected chi connectivity index (χ1v) is 6.88. The Bertz CT molecular complexity index is 416. The molecule has 110 valence electrons. The molecule has 1 fully saturated rings. The maximum atomic E-state index is 11.7.